The third-order valence-corrected chi connectivity index (χ3v) is 3.64. The minimum Gasteiger partial charge on any atom is -0.357 e. The molecule has 0 aliphatic carbocycles. The van der Waals surface area contributed by atoms with Crippen LogP contribution in [0, 0.1) is 5.92 Å². The van der Waals surface area contributed by atoms with Crippen molar-refractivity contribution in [3.05, 3.63) is 35.9 Å². The molecule has 24 heavy (non-hydrogen) atoms. The minimum absolute atomic E-state index is 0.129. The second kappa shape index (κ2) is 11.5. The van der Waals surface area contributed by atoms with Crippen molar-refractivity contribution in [1.29, 1.82) is 0 Å². The Morgan fingerprint density at radius 1 is 1.21 bits per heavy atom. The fraction of sp³-hybridized carbons (Fsp3) is 0.579. The number of rotatable bonds is 9. The number of nitrogens with zero attached hydrogens (tertiary/aromatic N) is 2. The van der Waals surface area contributed by atoms with Crippen molar-refractivity contribution in [2.75, 3.05) is 26.7 Å². The van der Waals surface area contributed by atoms with Gasteiger partial charge >= 0.3 is 0 Å². The highest BCUT2D eigenvalue weighted by molar-refractivity contribution is 5.81. The van der Waals surface area contributed by atoms with E-state index in [9.17, 15) is 4.79 Å². The van der Waals surface area contributed by atoms with Crippen LogP contribution in [0.5, 0.6) is 0 Å². The minimum atomic E-state index is 0.129. The van der Waals surface area contributed by atoms with Gasteiger partial charge in [0.15, 0.2) is 5.96 Å². The highest BCUT2D eigenvalue weighted by Crippen LogP contribution is 2.03. The molecule has 0 saturated carbocycles. The zero-order valence-electron chi connectivity index (χ0n) is 15.5. The Balaban J connectivity index is 2.35. The van der Waals surface area contributed by atoms with Gasteiger partial charge in [0.1, 0.15) is 0 Å². The molecule has 0 aromatic heterocycles. The van der Waals surface area contributed by atoms with E-state index in [1.54, 1.807) is 4.90 Å². The average Bonchev–Trinajstić information content (AvgIpc) is 2.55. The molecule has 2 N–H and O–H groups in total. The lowest BCUT2D eigenvalue weighted by Crippen LogP contribution is -2.39. The summed E-state index contributed by atoms with van der Waals surface area (Å²) in [4.78, 5) is 18.5. The van der Waals surface area contributed by atoms with Gasteiger partial charge in [-0.1, -0.05) is 44.2 Å². The first-order chi connectivity index (χ1) is 11.5. The molecule has 5 nitrogen and oxygen atoms in total. The molecule has 1 aromatic carbocycles. The van der Waals surface area contributed by atoms with Gasteiger partial charge in [-0.2, -0.15) is 0 Å². The Kier molecular flexibility index (Phi) is 9.58. The molecule has 0 spiro atoms. The van der Waals surface area contributed by atoms with Crippen molar-refractivity contribution < 1.29 is 4.79 Å². The summed E-state index contributed by atoms with van der Waals surface area (Å²) in [6, 6.07) is 10.0. The van der Waals surface area contributed by atoms with Gasteiger partial charge in [0.05, 0.1) is 0 Å². The number of guanidine groups is 1. The molecule has 1 rings (SSSR count). The molecule has 0 aliphatic heterocycles. The molecule has 1 amide bonds. The summed E-state index contributed by atoms with van der Waals surface area (Å²) in [6.45, 7) is 9.27. The zero-order valence-corrected chi connectivity index (χ0v) is 15.5. The molecule has 134 valence electrons. The van der Waals surface area contributed by atoms with E-state index in [-0.39, 0.29) is 5.91 Å². The van der Waals surface area contributed by atoms with E-state index in [1.807, 2.05) is 44.3 Å². The van der Waals surface area contributed by atoms with Crippen LogP contribution in [0.3, 0.4) is 0 Å². The maximum absolute atomic E-state index is 12.2. The molecule has 0 heterocycles. The number of nitrogens with one attached hydrogen (secondary N) is 2. The summed E-state index contributed by atoms with van der Waals surface area (Å²) >= 11 is 0. The molecule has 0 fully saturated rings. The SMILES string of the molecule is CCNC(=NCCC(C)C)NCCC(=O)N(C)Cc1ccccc1. The Bertz CT molecular complexity index is 499. The number of carbonyl (C=O) groups is 1. The fourth-order valence-corrected chi connectivity index (χ4v) is 2.20. The normalized spacial score (nSPS) is 11.5. The molecular weight excluding hydrogens is 300 g/mol. The lowest BCUT2D eigenvalue weighted by Gasteiger charge is -2.18. The standard InChI is InChI=1S/C19H32N4O/c1-5-20-19(21-13-11-16(2)3)22-14-12-18(24)23(4)15-17-9-7-6-8-10-17/h6-10,16H,5,11-15H2,1-4H3,(H2,20,21,22). The Morgan fingerprint density at radius 3 is 2.54 bits per heavy atom. The largest absolute Gasteiger partial charge is 0.357 e. The molecule has 0 atom stereocenters. The third kappa shape index (κ3) is 8.56. The molecule has 0 bridgehead atoms. The van der Waals surface area contributed by atoms with Gasteiger partial charge in [0, 0.05) is 39.6 Å². The maximum Gasteiger partial charge on any atom is 0.224 e. The Morgan fingerprint density at radius 2 is 1.92 bits per heavy atom. The van der Waals surface area contributed by atoms with E-state index >= 15 is 0 Å². The summed E-state index contributed by atoms with van der Waals surface area (Å²) in [6.07, 6.45) is 1.52. The van der Waals surface area contributed by atoms with Gasteiger partial charge in [0.2, 0.25) is 5.91 Å². The number of benzene rings is 1. The van der Waals surface area contributed by atoms with Crippen LogP contribution in [0.25, 0.3) is 0 Å². The van der Waals surface area contributed by atoms with Gasteiger partial charge in [-0.15, -0.1) is 0 Å². The van der Waals surface area contributed by atoms with Crippen molar-refractivity contribution in [2.24, 2.45) is 10.9 Å². The van der Waals surface area contributed by atoms with Gasteiger partial charge in [0.25, 0.3) is 0 Å². The number of hydrogen-bond donors (Lipinski definition) is 2. The molecule has 0 saturated heterocycles. The van der Waals surface area contributed by atoms with E-state index in [2.05, 4.69) is 29.5 Å². The van der Waals surface area contributed by atoms with Crippen molar-refractivity contribution in [3.8, 4) is 0 Å². The summed E-state index contributed by atoms with van der Waals surface area (Å²) in [5.74, 6) is 1.56. The zero-order chi connectivity index (χ0) is 17.8. The topological polar surface area (TPSA) is 56.7 Å². The molecule has 0 unspecified atom stereocenters. The van der Waals surface area contributed by atoms with Crippen LogP contribution in [-0.4, -0.2) is 43.4 Å². The lowest BCUT2D eigenvalue weighted by molar-refractivity contribution is -0.130. The van der Waals surface area contributed by atoms with Crippen LogP contribution in [0.1, 0.15) is 39.2 Å². The number of hydrogen-bond acceptors (Lipinski definition) is 2. The highest BCUT2D eigenvalue weighted by atomic mass is 16.2. The summed E-state index contributed by atoms with van der Waals surface area (Å²) < 4.78 is 0. The van der Waals surface area contributed by atoms with Crippen molar-refractivity contribution >= 4 is 11.9 Å². The molecular formula is C19H32N4O. The first-order valence-electron chi connectivity index (χ1n) is 8.83. The summed E-state index contributed by atoms with van der Waals surface area (Å²) in [5.41, 5.74) is 1.14. The van der Waals surface area contributed by atoms with E-state index in [4.69, 9.17) is 0 Å². The fourth-order valence-electron chi connectivity index (χ4n) is 2.20. The van der Waals surface area contributed by atoms with Crippen LogP contribution < -0.4 is 10.6 Å². The average molecular weight is 332 g/mol. The number of aliphatic imine (C=N–C) groups is 1. The van der Waals surface area contributed by atoms with Crippen molar-refractivity contribution in [2.45, 2.75) is 40.2 Å². The van der Waals surface area contributed by atoms with Crippen LogP contribution in [0.2, 0.25) is 0 Å². The summed E-state index contributed by atoms with van der Waals surface area (Å²) in [5, 5.41) is 6.45. The number of carbonyl (C=O) groups excluding carboxylic acids is 1. The van der Waals surface area contributed by atoms with Crippen LogP contribution >= 0.6 is 0 Å². The van der Waals surface area contributed by atoms with Gasteiger partial charge in [-0.3, -0.25) is 9.79 Å². The Hall–Kier alpha value is -2.04. The van der Waals surface area contributed by atoms with Gasteiger partial charge in [-0.25, -0.2) is 0 Å². The first-order valence-corrected chi connectivity index (χ1v) is 8.83. The van der Waals surface area contributed by atoms with Crippen LogP contribution in [0.4, 0.5) is 0 Å². The second-order valence-corrected chi connectivity index (χ2v) is 6.36. The summed E-state index contributed by atoms with van der Waals surface area (Å²) in [7, 11) is 1.84. The second-order valence-electron chi connectivity index (χ2n) is 6.36. The predicted molar refractivity (Wildman–Crippen MR) is 101 cm³/mol. The third-order valence-electron chi connectivity index (χ3n) is 3.64. The smallest absolute Gasteiger partial charge is 0.224 e. The van der Waals surface area contributed by atoms with Crippen LogP contribution in [-0.2, 0) is 11.3 Å². The maximum atomic E-state index is 12.2. The van der Waals surface area contributed by atoms with E-state index in [0.717, 1.165) is 31.0 Å². The van der Waals surface area contributed by atoms with E-state index < -0.39 is 0 Å². The quantitative estimate of drug-likeness (QED) is 0.540. The van der Waals surface area contributed by atoms with Crippen molar-refractivity contribution in [1.82, 2.24) is 15.5 Å². The molecule has 5 heteroatoms. The van der Waals surface area contributed by atoms with Crippen molar-refractivity contribution in [3.63, 3.8) is 0 Å². The highest BCUT2D eigenvalue weighted by Gasteiger charge is 2.09. The van der Waals surface area contributed by atoms with E-state index in [1.165, 1.54) is 0 Å². The van der Waals surface area contributed by atoms with Gasteiger partial charge < -0.3 is 15.5 Å². The van der Waals surface area contributed by atoms with E-state index in [0.29, 0.717) is 25.4 Å². The molecule has 0 radical (unpaired) electrons. The van der Waals surface area contributed by atoms with Crippen LogP contribution in [0.15, 0.2) is 35.3 Å². The predicted octanol–water partition coefficient (Wildman–Crippen LogP) is 2.64. The monoisotopic (exact) mass is 332 g/mol. The molecule has 0 aliphatic rings. The lowest BCUT2D eigenvalue weighted by atomic mass is 10.1. The number of amides is 1. The molecule has 1 aromatic rings. The van der Waals surface area contributed by atoms with Gasteiger partial charge in [-0.05, 0) is 24.8 Å². The first kappa shape index (κ1) is 20.0. The Labute approximate surface area is 146 Å².